The average Bonchev–Trinajstić information content (AvgIpc) is 3.08. The van der Waals surface area contributed by atoms with Crippen LogP contribution in [0.3, 0.4) is 0 Å². The fraction of sp³-hybridized carbons (Fsp3) is 0.500. The van der Waals surface area contributed by atoms with Crippen LogP contribution in [0.25, 0.3) is 0 Å². The Morgan fingerprint density at radius 3 is 3.12 bits per heavy atom. The third-order valence-electron chi connectivity index (χ3n) is 4.44. The topological polar surface area (TPSA) is 72.3 Å². The Hall–Kier alpha value is -2.25. The number of ether oxygens (including phenoxy) is 1. The highest BCUT2D eigenvalue weighted by Gasteiger charge is 2.29. The maximum absolute atomic E-state index is 12.7. The fourth-order valence-electron chi connectivity index (χ4n) is 3.15. The standard InChI is InChI=1S/C18H25N5O2/c1-25-12-11-23-10-7-17(21-23)20-18(24)16-6-2-3-9-22(16)14-15-5-4-8-19-13-15/h4-5,7-8,10,13,16H,2-3,6,9,11-12,14H2,1H3,(H,20,21,24)/t16-/m1/s1. The van der Waals surface area contributed by atoms with E-state index in [2.05, 4.69) is 20.3 Å². The zero-order chi connectivity index (χ0) is 17.5. The van der Waals surface area contributed by atoms with Gasteiger partial charge < -0.3 is 10.1 Å². The first kappa shape index (κ1) is 17.6. The number of carbonyl (C=O) groups excluding carboxylic acids is 1. The molecule has 1 N–H and O–H groups in total. The highest BCUT2D eigenvalue weighted by Crippen LogP contribution is 2.20. The molecule has 7 heteroatoms. The van der Waals surface area contributed by atoms with Crippen molar-refractivity contribution >= 4 is 11.7 Å². The number of anilines is 1. The zero-order valence-corrected chi connectivity index (χ0v) is 14.6. The molecular formula is C18H25N5O2. The molecule has 0 aliphatic carbocycles. The molecule has 3 heterocycles. The van der Waals surface area contributed by atoms with Crippen LogP contribution in [0.5, 0.6) is 0 Å². The van der Waals surface area contributed by atoms with Crippen molar-refractivity contribution in [3.63, 3.8) is 0 Å². The predicted octanol–water partition coefficient (Wildman–Crippen LogP) is 1.92. The number of rotatable bonds is 7. The van der Waals surface area contributed by atoms with Gasteiger partial charge in [-0.05, 0) is 31.0 Å². The number of nitrogens with one attached hydrogen (secondary N) is 1. The maximum atomic E-state index is 12.7. The van der Waals surface area contributed by atoms with Gasteiger partial charge in [0.05, 0.1) is 19.2 Å². The second-order valence-electron chi connectivity index (χ2n) is 6.29. The zero-order valence-electron chi connectivity index (χ0n) is 14.6. The van der Waals surface area contributed by atoms with Crippen LogP contribution in [0.4, 0.5) is 5.82 Å². The van der Waals surface area contributed by atoms with Gasteiger partial charge in [0.15, 0.2) is 5.82 Å². The Balaban J connectivity index is 1.61. The molecule has 0 radical (unpaired) electrons. The molecule has 2 aromatic rings. The van der Waals surface area contributed by atoms with E-state index < -0.39 is 0 Å². The summed E-state index contributed by atoms with van der Waals surface area (Å²) in [7, 11) is 1.66. The Labute approximate surface area is 148 Å². The van der Waals surface area contributed by atoms with E-state index in [1.807, 2.05) is 30.6 Å². The van der Waals surface area contributed by atoms with Gasteiger partial charge in [-0.1, -0.05) is 12.5 Å². The number of nitrogens with zero attached hydrogens (tertiary/aromatic N) is 4. The van der Waals surface area contributed by atoms with Crippen LogP contribution in [0.1, 0.15) is 24.8 Å². The minimum absolute atomic E-state index is 0.0144. The lowest BCUT2D eigenvalue weighted by atomic mass is 10.0. The normalized spacial score (nSPS) is 18.2. The molecule has 0 spiro atoms. The highest BCUT2D eigenvalue weighted by molar-refractivity contribution is 5.94. The van der Waals surface area contributed by atoms with Gasteiger partial charge in [-0.15, -0.1) is 0 Å². The molecule has 0 unspecified atom stereocenters. The third-order valence-corrected chi connectivity index (χ3v) is 4.44. The van der Waals surface area contributed by atoms with Crippen LogP contribution in [0.2, 0.25) is 0 Å². The maximum Gasteiger partial charge on any atom is 0.242 e. The first-order chi connectivity index (χ1) is 12.3. The van der Waals surface area contributed by atoms with Crippen molar-refractivity contribution in [2.24, 2.45) is 0 Å². The van der Waals surface area contributed by atoms with E-state index in [1.165, 1.54) is 0 Å². The molecule has 3 rings (SSSR count). The van der Waals surface area contributed by atoms with Crippen molar-refractivity contribution in [2.45, 2.75) is 38.4 Å². The number of hydrogen-bond acceptors (Lipinski definition) is 5. The fourth-order valence-corrected chi connectivity index (χ4v) is 3.15. The number of carbonyl (C=O) groups is 1. The number of piperidine rings is 1. The molecular weight excluding hydrogens is 318 g/mol. The van der Waals surface area contributed by atoms with Crippen molar-refractivity contribution in [3.05, 3.63) is 42.4 Å². The highest BCUT2D eigenvalue weighted by atomic mass is 16.5. The lowest BCUT2D eigenvalue weighted by Crippen LogP contribution is -2.46. The number of aromatic nitrogens is 3. The summed E-state index contributed by atoms with van der Waals surface area (Å²) < 4.78 is 6.81. The molecule has 1 amide bonds. The number of methoxy groups -OCH3 is 1. The Morgan fingerprint density at radius 1 is 1.40 bits per heavy atom. The summed E-state index contributed by atoms with van der Waals surface area (Å²) in [6.45, 7) is 2.93. The number of hydrogen-bond donors (Lipinski definition) is 1. The molecule has 1 aliphatic rings. The van der Waals surface area contributed by atoms with E-state index in [1.54, 1.807) is 18.0 Å². The van der Waals surface area contributed by atoms with Crippen molar-refractivity contribution in [3.8, 4) is 0 Å². The van der Waals surface area contributed by atoms with Gasteiger partial charge in [-0.25, -0.2) is 0 Å². The molecule has 7 nitrogen and oxygen atoms in total. The molecule has 1 fully saturated rings. The molecule has 0 aromatic carbocycles. The van der Waals surface area contributed by atoms with Crippen LogP contribution in [0, 0.1) is 0 Å². The predicted molar refractivity (Wildman–Crippen MR) is 95.0 cm³/mol. The van der Waals surface area contributed by atoms with Gasteiger partial charge in [0.1, 0.15) is 0 Å². The second-order valence-corrected chi connectivity index (χ2v) is 6.29. The molecule has 2 aromatic heterocycles. The van der Waals surface area contributed by atoms with Gasteiger partial charge in [-0.3, -0.25) is 19.4 Å². The summed E-state index contributed by atoms with van der Waals surface area (Å²) in [5, 5.41) is 7.32. The number of likely N-dealkylation sites (tertiary alicyclic amines) is 1. The van der Waals surface area contributed by atoms with Gasteiger partial charge in [0.2, 0.25) is 5.91 Å². The summed E-state index contributed by atoms with van der Waals surface area (Å²) in [6, 6.07) is 5.68. The van der Waals surface area contributed by atoms with Crippen LogP contribution >= 0.6 is 0 Å². The number of amides is 1. The average molecular weight is 343 g/mol. The van der Waals surface area contributed by atoms with Crippen LogP contribution in [-0.4, -0.2) is 51.9 Å². The van der Waals surface area contributed by atoms with Gasteiger partial charge in [-0.2, -0.15) is 5.10 Å². The largest absolute Gasteiger partial charge is 0.383 e. The minimum Gasteiger partial charge on any atom is -0.383 e. The van der Waals surface area contributed by atoms with E-state index in [-0.39, 0.29) is 11.9 Å². The van der Waals surface area contributed by atoms with E-state index in [0.29, 0.717) is 19.0 Å². The molecule has 1 saturated heterocycles. The van der Waals surface area contributed by atoms with Crippen molar-refractivity contribution in [1.29, 1.82) is 0 Å². The molecule has 0 saturated carbocycles. The summed E-state index contributed by atoms with van der Waals surface area (Å²) >= 11 is 0. The summed E-state index contributed by atoms with van der Waals surface area (Å²) in [4.78, 5) is 19.1. The molecule has 134 valence electrons. The van der Waals surface area contributed by atoms with E-state index in [4.69, 9.17) is 4.74 Å². The molecule has 25 heavy (non-hydrogen) atoms. The van der Waals surface area contributed by atoms with Crippen molar-refractivity contribution in [2.75, 3.05) is 25.6 Å². The van der Waals surface area contributed by atoms with Gasteiger partial charge in [0, 0.05) is 38.3 Å². The summed E-state index contributed by atoms with van der Waals surface area (Å²) in [6.07, 6.45) is 8.55. The van der Waals surface area contributed by atoms with Gasteiger partial charge >= 0.3 is 0 Å². The van der Waals surface area contributed by atoms with E-state index in [9.17, 15) is 4.79 Å². The van der Waals surface area contributed by atoms with Crippen LogP contribution in [-0.2, 0) is 22.6 Å². The first-order valence-corrected chi connectivity index (χ1v) is 8.72. The summed E-state index contributed by atoms with van der Waals surface area (Å²) in [5.41, 5.74) is 1.13. The smallest absolute Gasteiger partial charge is 0.242 e. The Morgan fingerprint density at radius 2 is 2.32 bits per heavy atom. The molecule has 1 atom stereocenters. The third kappa shape index (κ3) is 4.87. The van der Waals surface area contributed by atoms with Gasteiger partial charge in [0.25, 0.3) is 0 Å². The monoisotopic (exact) mass is 343 g/mol. The Kier molecular flexibility index (Phi) is 6.14. The minimum atomic E-state index is -0.127. The summed E-state index contributed by atoms with van der Waals surface area (Å²) in [5.74, 6) is 0.605. The SMILES string of the molecule is COCCn1ccc(NC(=O)[C@H]2CCCCN2Cc2cccnc2)n1. The lowest BCUT2D eigenvalue weighted by molar-refractivity contribution is -0.122. The van der Waals surface area contributed by atoms with Crippen molar-refractivity contribution in [1.82, 2.24) is 19.7 Å². The Bertz CT molecular complexity index is 673. The van der Waals surface area contributed by atoms with Crippen molar-refractivity contribution < 1.29 is 9.53 Å². The quantitative estimate of drug-likeness (QED) is 0.831. The van der Waals surface area contributed by atoms with E-state index >= 15 is 0 Å². The first-order valence-electron chi connectivity index (χ1n) is 8.72. The second kappa shape index (κ2) is 8.73. The van der Waals surface area contributed by atoms with E-state index in [0.717, 1.165) is 37.9 Å². The molecule has 1 aliphatic heterocycles. The lowest BCUT2D eigenvalue weighted by Gasteiger charge is -2.34. The van der Waals surface area contributed by atoms with Crippen LogP contribution in [0.15, 0.2) is 36.8 Å². The van der Waals surface area contributed by atoms with Crippen LogP contribution < -0.4 is 5.32 Å². The molecule has 0 bridgehead atoms. The number of pyridine rings is 1.